The molecule has 3 aliphatic rings. The van der Waals surface area contributed by atoms with Crippen molar-refractivity contribution in [1.82, 2.24) is 0 Å². The normalized spacial score (nSPS) is 23.8. The van der Waals surface area contributed by atoms with E-state index in [0.717, 1.165) is 44.7 Å². The molecular weight excluding hydrogens is 462 g/mol. The van der Waals surface area contributed by atoms with Crippen molar-refractivity contribution in [3.05, 3.63) is 42.5 Å². The Bertz CT molecular complexity index is 1160. The number of nitrogens with one attached hydrogen (secondary N) is 2. The van der Waals surface area contributed by atoms with Crippen LogP contribution in [0.25, 0.3) is 0 Å². The van der Waals surface area contributed by atoms with Crippen molar-refractivity contribution in [2.75, 3.05) is 35.1 Å². The minimum atomic E-state index is -3.88. The van der Waals surface area contributed by atoms with E-state index in [1.165, 1.54) is 19.3 Å². The third kappa shape index (κ3) is 5.42. The van der Waals surface area contributed by atoms with Gasteiger partial charge in [0.2, 0.25) is 5.91 Å². The van der Waals surface area contributed by atoms with Gasteiger partial charge in [0.15, 0.2) is 0 Å². The minimum Gasteiger partial charge on any atom is -0.497 e. The Hall–Kier alpha value is -2.74. The molecule has 188 valence electrons. The van der Waals surface area contributed by atoms with Gasteiger partial charge in [-0.25, -0.2) is 8.42 Å². The molecule has 35 heavy (non-hydrogen) atoms. The van der Waals surface area contributed by atoms with Crippen molar-refractivity contribution in [2.45, 2.75) is 56.3 Å². The van der Waals surface area contributed by atoms with Gasteiger partial charge in [0.25, 0.3) is 10.0 Å². The molecule has 2 aromatic rings. The van der Waals surface area contributed by atoms with E-state index >= 15 is 0 Å². The first-order chi connectivity index (χ1) is 16.9. The number of benzene rings is 2. The Morgan fingerprint density at radius 2 is 1.74 bits per heavy atom. The summed E-state index contributed by atoms with van der Waals surface area (Å²) < 4.78 is 35.0. The number of sulfonamides is 1. The van der Waals surface area contributed by atoms with E-state index in [1.54, 1.807) is 37.4 Å². The highest BCUT2D eigenvalue weighted by Crippen LogP contribution is 2.49. The Labute approximate surface area is 208 Å². The first-order valence-electron chi connectivity index (χ1n) is 12.8. The highest BCUT2D eigenvalue weighted by Gasteiger charge is 2.40. The van der Waals surface area contributed by atoms with Crippen LogP contribution in [0.15, 0.2) is 47.4 Å². The number of hydrogen-bond acceptors (Lipinski definition) is 5. The van der Waals surface area contributed by atoms with E-state index in [0.29, 0.717) is 41.1 Å². The molecule has 2 saturated carbocycles. The molecule has 3 fully saturated rings. The Balaban J connectivity index is 1.37. The molecule has 0 aromatic heterocycles. The second kappa shape index (κ2) is 10.1. The van der Waals surface area contributed by atoms with Crippen LogP contribution in [0.5, 0.6) is 5.75 Å². The summed E-state index contributed by atoms with van der Waals surface area (Å²) in [6.45, 7) is 1.64. The molecule has 2 bridgehead atoms. The molecule has 3 unspecified atom stereocenters. The van der Waals surface area contributed by atoms with Crippen LogP contribution in [0.1, 0.15) is 51.4 Å². The van der Waals surface area contributed by atoms with E-state index in [4.69, 9.17) is 4.74 Å². The summed E-state index contributed by atoms with van der Waals surface area (Å²) in [4.78, 5) is 15.2. The highest BCUT2D eigenvalue weighted by atomic mass is 32.2. The minimum absolute atomic E-state index is 0.0280. The molecule has 5 rings (SSSR count). The second-order valence-electron chi connectivity index (χ2n) is 10.3. The molecule has 1 heterocycles. The summed E-state index contributed by atoms with van der Waals surface area (Å²) in [7, 11) is -2.31. The monoisotopic (exact) mass is 497 g/mol. The largest absolute Gasteiger partial charge is 0.497 e. The molecular formula is C27H35N3O4S. The maximum Gasteiger partial charge on any atom is 0.264 e. The Morgan fingerprint density at radius 1 is 1.00 bits per heavy atom. The average Bonchev–Trinajstić information content (AvgIpc) is 3.48. The van der Waals surface area contributed by atoms with Crippen LogP contribution in [0, 0.1) is 17.8 Å². The Kier molecular flexibility index (Phi) is 6.91. The molecule has 1 saturated heterocycles. The zero-order valence-corrected chi connectivity index (χ0v) is 21.1. The summed E-state index contributed by atoms with van der Waals surface area (Å²) in [5, 5.41) is 2.98. The topological polar surface area (TPSA) is 87.7 Å². The number of carbonyl (C=O) groups excluding carboxylic acids is 1. The predicted molar refractivity (Wildman–Crippen MR) is 138 cm³/mol. The van der Waals surface area contributed by atoms with E-state index in [9.17, 15) is 13.2 Å². The zero-order valence-electron chi connectivity index (χ0n) is 20.3. The van der Waals surface area contributed by atoms with Gasteiger partial charge in [0.1, 0.15) is 10.6 Å². The Morgan fingerprint density at radius 3 is 2.40 bits per heavy atom. The smallest absolute Gasteiger partial charge is 0.264 e. The fourth-order valence-electron chi connectivity index (χ4n) is 6.15. The van der Waals surface area contributed by atoms with Crippen LogP contribution in [-0.2, 0) is 14.8 Å². The number of rotatable bonds is 8. The molecule has 0 radical (unpaired) electrons. The summed E-state index contributed by atoms with van der Waals surface area (Å²) in [5.74, 6) is 2.56. The van der Waals surface area contributed by atoms with Gasteiger partial charge >= 0.3 is 0 Å². The molecule has 7 nitrogen and oxygen atoms in total. The first-order valence-corrected chi connectivity index (χ1v) is 14.3. The van der Waals surface area contributed by atoms with Crippen molar-refractivity contribution < 1.29 is 17.9 Å². The number of carbonyl (C=O) groups is 1. The van der Waals surface area contributed by atoms with Crippen molar-refractivity contribution in [3.8, 4) is 5.75 Å². The zero-order chi connectivity index (χ0) is 24.4. The van der Waals surface area contributed by atoms with Crippen LogP contribution >= 0.6 is 0 Å². The number of methoxy groups -OCH3 is 1. The number of fused-ring (bicyclic) bond motifs is 2. The van der Waals surface area contributed by atoms with Crippen LogP contribution in [0.2, 0.25) is 0 Å². The highest BCUT2D eigenvalue weighted by molar-refractivity contribution is 7.92. The SMILES string of the molecule is COc1ccc(NS(=O)(=O)c2cc(NC(=O)CC3CC4CCC3C4)ccc2N2CCCCC2)cc1. The van der Waals surface area contributed by atoms with Crippen molar-refractivity contribution in [3.63, 3.8) is 0 Å². The summed E-state index contributed by atoms with van der Waals surface area (Å²) >= 11 is 0. The third-order valence-electron chi connectivity index (χ3n) is 7.90. The molecule has 3 atom stereocenters. The molecule has 8 heteroatoms. The van der Waals surface area contributed by atoms with Gasteiger partial charge in [-0.15, -0.1) is 0 Å². The number of piperidine rings is 1. The van der Waals surface area contributed by atoms with Gasteiger partial charge in [0.05, 0.1) is 12.8 Å². The van der Waals surface area contributed by atoms with E-state index in [-0.39, 0.29) is 10.8 Å². The maximum atomic E-state index is 13.5. The van der Waals surface area contributed by atoms with Crippen molar-refractivity contribution in [2.24, 2.45) is 17.8 Å². The number of amides is 1. The lowest BCUT2D eigenvalue weighted by molar-refractivity contribution is -0.117. The molecule has 0 spiro atoms. The van der Waals surface area contributed by atoms with Crippen LogP contribution in [0.3, 0.4) is 0 Å². The van der Waals surface area contributed by atoms with Gasteiger partial charge < -0.3 is 15.0 Å². The van der Waals surface area contributed by atoms with Crippen LogP contribution in [-0.4, -0.2) is 34.5 Å². The number of hydrogen-bond donors (Lipinski definition) is 2. The van der Waals surface area contributed by atoms with Crippen LogP contribution < -0.4 is 19.7 Å². The molecule has 2 aromatic carbocycles. The third-order valence-corrected chi connectivity index (χ3v) is 9.31. The lowest BCUT2D eigenvalue weighted by Gasteiger charge is -2.30. The van der Waals surface area contributed by atoms with Gasteiger partial charge in [-0.2, -0.15) is 0 Å². The second-order valence-corrected chi connectivity index (χ2v) is 11.9. The molecule has 1 amide bonds. The lowest BCUT2D eigenvalue weighted by atomic mass is 9.86. The first kappa shape index (κ1) is 24.0. The van der Waals surface area contributed by atoms with E-state index < -0.39 is 10.0 Å². The summed E-state index contributed by atoms with van der Waals surface area (Å²) in [6, 6.07) is 12.1. The van der Waals surface area contributed by atoms with Gasteiger partial charge in [-0.05, 0) is 98.7 Å². The molecule has 2 aliphatic carbocycles. The molecule has 2 N–H and O–H groups in total. The van der Waals surface area contributed by atoms with Crippen LogP contribution in [0.4, 0.5) is 17.1 Å². The summed E-state index contributed by atoms with van der Waals surface area (Å²) in [6.07, 6.45) is 8.71. The fraction of sp³-hybridized carbons (Fsp3) is 0.519. The van der Waals surface area contributed by atoms with E-state index in [1.807, 2.05) is 12.1 Å². The van der Waals surface area contributed by atoms with E-state index in [2.05, 4.69) is 14.9 Å². The quantitative estimate of drug-likeness (QED) is 0.520. The summed E-state index contributed by atoms with van der Waals surface area (Å²) in [5.41, 5.74) is 1.66. The van der Waals surface area contributed by atoms with Crippen molar-refractivity contribution in [1.29, 1.82) is 0 Å². The molecule has 1 aliphatic heterocycles. The van der Waals surface area contributed by atoms with Crippen molar-refractivity contribution >= 4 is 33.0 Å². The number of anilines is 3. The lowest BCUT2D eigenvalue weighted by Crippen LogP contribution is -2.31. The maximum absolute atomic E-state index is 13.5. The predicted octanol–water partition coefficient (Wildman–Crippen LogP) is 5.25. The standard InChI is InChI=1S/C27H35N3O4S/c1-34-24-10-7-22(8-11-24)29-35(32,33)26-18-23(9-12-25(26)30-13-3-2-4-14-30)28-27(31)17-21-16-19-5-6-20(21)15-19/h7-12,18-21,29H,2-6,13-17H2,1H3,(H,28,31). The van der Waals surface area contributed by atoms with Gasteiger partial charge in [0, 0.05) is 30.9 Å². The number of nitrogens with zero attached hydrogens (tertiary/aromatic N) is 1. The van der Waals surface area contributed by atoms with Gasteiger partial charge in [-0.3, -0.25) is 9.52 Å². The fourth-order valence-corrected chi connectivity index (χ4v) is 7.46. The number of ether oxygens (including phenoxy) is 1. The average molecular weight is 498 g/mol. The van der Waals surface area contributed by atoms with Gasteiger partial charge in [-0.1, -0.05) is 6.42 Å².